The number of nitrogens with zero attached hydrogens (tertiary/aromatic N) is 1. The molecule has 1 aliphatic rings. The number of alkyl carbamates (subject to hydrolysis) is 1. The fourth-order valence-electron chi connectivity index (χ4n) is 2.21. The highest BCUT2D eigenvalue weighted by Crippen LogP contribution is 2.38. The van der Waals surface area contributed by atoms with Gasteiger partial charge in [-0.3, -0.25) is 0 Å². The average Bonchev–Trinajstić information content (AvgIpc) is 2.45. The van der Waals surface area contributed by atoms with E-state index in [-0.39, 0.29) is 6.04 Å². The Morgan fingerprint density at radius 2 is 2.30 bits per heavy atom. The molecule has 0 radical (unpaired) electrons. The van der Waals surface area contributed by atoms with Gasteiger partial charge in [0.05, 0.1) is 18.3 Å². The van der Waals surface area contributed by atoms with Gasteiger partial charge < -0.3 is 25.8 Å². The summed E-state index contributed by atoms with van der Waals surface area (Å²) in [6.07, 6.45) is 0.235. The van der Waals surface area contributed by atoms with Gasteiger partial charge in [-0.1, -0.05) is 0 Å². The number of ether oxygens (including phenoxy) is 2. The molecule has 0 saturated heterocycles. The summed E-state index contributed by atoms with van der Waals surface area (Å²) in [6.45, 7) is 13.4. The van der Waals surface area contributed by atoms with Crippen molar-refractivity contribution in [3.63, 3.8) is 0 Å². The van der Waals surface area contributed by atoms with Crippen LogP contribution in [0.4, 0.5) is 21.9 Å². The number of fused-ring (bicyclic) bond motifs is 1. The number of hydrogen-bond acceptors (Lipinski definition) is 5. The third-order valence-corrected chi connectivity index (χ3v) is 3.20. The van der Waals surface area contributed by atoms with Gasteiger partial charge in [0.15, 0.2) is 5.69 Å². The molecule has 0 spiro atoms. The van der Waals surface area contributed by atoms with Gasteiger partial charge in [0.1, 0.15) is 18.0 Å². The van der Waals surface area contributed by atoms with Gasteiger partial charge in [-0.05, 0) is 39.3 Å². The van der Waals surface area contributed by atoms with Crippen molar-refractivity contribution >= 4 is 23.2 Å². The summed E-state index contributed by atoms with van der Waals surface area (Å²) in [7, 11) is 0. The predicted molar refractivity (Wildman–Crippen MR) is 88.9 cm³/mol. The molecule has 0 fully saturated rings. The second-order valence-corrected chi connectivity index (χ2v) is 6.39. The lowest BCUT2D eigenvalue weighted by Crippen LogP contribution is -2.38. The summed E-state index contributed by atoms with van der Waals surface area (Å²) in [5.41, 5.74) is 7.08. The predicted octanol–water partition coefficient (Wildman–Crippen LogP) is 2.91. The molecule has 7 heteroatoms. The van der Waals surface area contributed by atoms with Gasteiger partial charge in [-0.2, -0.15) is 0 Å². The van der Waals surface area contributed by atoms with Crippen LogP contribution in [0.3, 0.4) is 0 Å². The highest BCUT2D eigenvalue weighted by atomic mass is 16.6. The van der Waals surface area contributed by atoms with Crippen molar-refractivity contribution in [2.75, 3.05) is 24.2 Å². The molecule has 1 atom stereocenters. The van der Waals surface area contributed by atoms with Gasteiger partial charge in [0.2, 0.25) is 0 Å². The van der Waals surface area contributed by atoms with Crippen molar-refractivity contribution in [3.8, 4) is 5.75 Å². The van der Waals surface area contributed by atoms with Crippen LogP contribution in [0.5, 0.6) is 5.75 Å². The Morgan fingerprint density at radius 1 is 1.57 bits per heavy atom. The SMILES string of the molecule is [C-]#[N+]c1cc(N)c2c(c1)OC[C@H](CCNC(=O)OC(C)(C)C)N2. The molecule has 7 nitrogen and oxygen atoms in total. The fraction of sp³-hybridized carbons (Fsp3) is 0.500. The van der Waals surface area contributed by atoms with E-state index in [9.17, 15) is 4.79 Å². The first kappa shape index (κ1) is 16.7. The molecular weight excluding hydrogens is 296 g/mol. The molecule has 1 aliphatic heterocycles. The van der Waals surface area contributed by atoms with E-state index in [1.54, 1.807) is 12.1 Å². The van der Waals surface area contributed by atoms with Crippen LogP contribution in [-0.2, 0) is 4.74 Å². The lowest BCUT2D eigenvalue weighted by molar-refractivity contribution is 0.0525. The number of anilines is 2. The Balaban J connectivity index is 1.86. The van der Waals surface area contributed by atoms with Crippen molar-refractivity contribution in [3.05, 3.63) is 23.5 Å². The van der Waals surface area contributed by atoms with Crippen LogP contribution in [-0.4, -0.2) is 30.9 Å². The molecule has 4 N–H and O–H groups in total. The number of nitrogens with two attached hydrogens (primary N) is 1. The number of carbonyl (C=O) groups excluding carboxylic acids is 1. The van der Waals surface area contributed by atoms with E-state index < -0.39 is 11.7 Å². The minimum absolute atomic E-state index is 0.0264. The van der Waals surface area contributed by atoms with Crippen molar-refractivity contribution < 1.29 is 14.3 Å². The lowest BCUT2D eigenvalue weighted by Gasteiger charge is -2.29. The Hall–Kier alpha value is -2.62. The van der Waals surface area contributed by atoms with E-state index in [1.807, 2.05) is 20.8 Å². The van der Waals surface area contributed by atoms with Crippen molar-refractivity contribution in [2.45, 2.75) is 38.8 Å². The molecule has 0 aliphatic carbocycles. The number of nitrogen functional groups attached to an aromatic ring is 1. The van der Waals surface area contributed by atoms with E-state index in [1.165, 1.54) is 0 Å². The quantitative estimate of drug-likeness (QED) is 0.589. The van der Waals surface area contributed by atoms with Crippen LogP contribution < -0.4 is 21.1 Å². The highest BCUT2D eigenvalue weighted by molar-refractivity contribution is 5.79. The van der Waals surface area contributed by atoms with Crippen molar-refractivity contribution in [2.24, 2.45) is 0 Å². The fourth-order valence-corrected chi connectivity index (χ4v) is 2.21. The number of amides is 1. The molecule has 1 aromatic carbocycles. The van der Waals surface area contributed by atoms with E-state index in [2.05, 4.69) is 15.5 Å². The first-order valence-electron chi connectivity index (χ1n) is 7.45. The third-order valence-electron chi connectivity index (χ3n) is 3.20. The molecule has 0 bridgehead atoms. The second kappa shape index (κ2) is 6.65. The number of carbonyl (C=O) groups is 1. The minimum atomic E-state index is -0.510. The smallest absolute Gasteiger partial charge is 0.407 e. The average molecular weight is 318 g/mol. The molecule has 0 aromatic heterocycles. The summed E-state index contributed by atoms with van der Waals surface area (Å²) >= 11 is 0. The zero-order valence-electron chi connectivity index (χ0n) is 13.6. The van der Waals surface area contributed by atoms with Crippen LogP contribution in [0.15, 0.2) is 12.1 Å². The normalized spacial score (nSPS) is 16.3. The van der Waals surface area contributed by atoms with Gasteiger partial charge in [0, 0.05) is 12.2 Å². The third kappa shape index (κ3) is 4.68. The zero-order valence-corrected chi connectivity index (χ0v) is 13.6. The molecule has 124 valence electrons. The Morgan fingerprint density at radius 3 is 2.96 bits per heavy atom. The molecule has 2 rings (SSSR count). The molecular formula is C16H22N4O3. The topological polar surface area (TPSA) is 90.0 Å². The number of nitrogens with one attached hydrogen (secondary N) is 2. The van der Waals surface area contributed by atoms with Crippen LogP contribution in [0.25, 0.3) is 4.85 Å². The van der Waals surface area contributed by atoms with E-state index in [0.29, 0.717) is 42.4 Å². The molecule has 0 unspecified atom stereocenters. The highest BCUT2D eigenvalue weighted by Gasteiger charge is 2.22. The van der Waals surface area contributed by atoms with E-state index >= 15 is 0 Å². The van der Waals surface area contributed by atoms with Crippen molar-refractivity contribution in [1.29, 1.82) is 0 Å². The number of benzene rings is 1. The summed E-state index contributed by atoms with van der Waals surface area (Å²) < 4.78 is 10.8. The van der Waals surface area contributed by atoms with Gasteiger partial charge in [0.25, 0.3) is 0 Å². The maximum atomic E-state index is 11.6. The zero-order chi connectivity index (χ0) is 17.0. The monoisotopic (exact) mass is 318 g/mol. The summed E-state index contributed by atoms with van der Waals surface area (Å²) in [4.78, 5) is 14.9. The summed E-state index contributed by atoms with van der Waals surface area (Å²) in [5, 5.41) is 6.01. The maximum absolute atomic E-state index is 11.6. The Kier molecular flexibility index (Phi) is 4.84. The van der Waals surface area contributed by atoms with Crippen LogP contribution >= 0.6 is 0 Å². The molecule has 0 saturated carbocycles. The Bertz CT molecular complexity index is 631. The van der Waals surface area contributed by atoms with Gasteiger partial charge >= 0.3 is 6.09 Å². The van der Waals surface area contributed by atoms with E-state index in [4.69, 9.17) is 21.8 Å². The first-order chi connectivity index (χ1) is 10.8. The lowest BCUT2D eigenvalue weighted by atomic mass is 10.1. The second-order valence-electron chi connectivity index (χ2n) is 6.39. The van der Waals surface area contributed by atoms with Crippen LogP contribution in [0, 0.1) is 6.57 Å². The van der Waals surface area contributed by atoms with Gasteiger partial charge in [-0.15, -0.1) is 0 Å². The van der Waals surface area contributed by atoms with Crippen molar-refractivity contribution in [1.82, 2.24) is 5.32 Å². The number of rotatable bonds is 3. The number of hydrogen-bond donors (Lipinski definition) is 3. The van der Waals surface area contributed by atoms with Crippen LogP contribution in [0.2, 0.25) is 0 Å². The molecule has 1 aromatic rings. The summed E-state index contributed by atoms with van der Waals surface area (Å²) in [6, 6.07) is 3.31. The van der Waals surface area contributed by atoms with E-state index in [0.717, 1.165) is 0 Å². The standard InChI is InChI=1S/C16H22N4O3/c1-16(2,3)23-15(21)19-6-5-10-9-22-13-8-11(18-4)7-12(17)14(13)20-10/h7-8,10,20H,5-6,9,17H2,1-3H3,(H,19,21)/t10-/m0/s1. The minimum Gasteiger partial charge on any atom is -0.491 e. The van der Waals surface area contributed by atoms with Gasteiger partial charge in [-0.25, -0.2) is 9.64 Å². The molecule has 1 heterocycles. The first-order valence-corrected chi connectivity index (χ1v) is 7.45. The largest absolute Gasteiger partial charge is 0.491 e. The summed E-state index contributed by atoms with van der Waals surface area (Å²) in [5.74, 6) is 0.590. The van der Waals surface area contributed by atoms with Crippen LogP contribution in [0.1, 0.15) is 27.2 Å². The molecule has 1 amide bonds. The Labute approximate surface area is 136 Å². The maximum Gasteiger partial charge on any atom is 0.407 e. The molecule has 23 heavy (non-hydrogen) atoms.